The highest BCUT2D eigenvalue weighted by Gasteiger charge is 2.22. The van der Waals surface area contributed by atoms with Crippen molar-refractivity contribution >= 4 is 11.9 Å². The molecule has 1 aliphatic heterocycles. The lowest BCUT2D eigenvalue weighted by Gasteiger charge is -2.33. The Morgan fingerprint density at radius 3 is 2.81 bits per heavy atom. The van der Waals surface area contributed by atoms with Crippen LogP contribution < -0.4 is 10.6 Å². The summed E-state index contributed by atoms with van der Waals surface area (Å²) in [6.45, 7) is 8.44. The number of aliphatic imine (C=N–C) groups is 1. The maximum Gasteiger partial charge on any atom is 0.224 e. The lowest BCUT2D eigenvalue weighted by atomic mass is 9.99. The molecule has 2 heterocycles. The third kappa shape index (κ3) is 6.26. The molecule has 7 heteroatoms. The zero-order chi connectivity index (χ0) is 19.6. The van der Waals surface area contributed by atoms with E-state index in [0.29, 0.717) is 37.4 Å². The van der Waals surface area contributed by atoms with Gasteiger partial charge in [-0.25, -0.2) is 0 Å². The molecule has 152 valence electrons. The quantitative estimate of drug-likeness (QED) is 0.537. The molecule has 1 aromatic rings. The highest BCUT2D eigenvalue weighted by molar-refractivity contribution is 5.81. The van der Waals surface area contributed by atoms with Crippen LogP contribution in [0.3, 0.4) is 0 Å². The van der Waals surface area contributed by atoms with E-state index in [1.54, 1.807) is 7.05 Å². The van der Waals surface area contributed by atoms with Crippen molar-refractivity contribution in [2.75, 3.05) is 20.1 Å². The van der Waals surface area contributed by atoms with E-state index in [0.717, 1.165) is 43.7 Å². The summed E-state index contributed by atoms with van der Waals surface area (Å²) in [6.07, 6.45) is 6.04. The van der Waals surface area contributed by atoms with Gasteiger partial charge in [-0.05, 0) is 39.0 Å². The Balaban J connectivity index is 1.73. The van der Waals surface area contributed by atoms with Gasteiger partial charge in [0, 0.05) is 44.6 Å². The van der Waals surface area contributed by atoms with Crippen LogP contribution in [0, 0.1) is 0 Å². The SMILES string of the molecule is CCC(CC)c1cc(CNC(=NC)NCCC(=O)N2CCCCC2C)on1. The van der Waals surface area contributed by atoms with Gasteiger partial charge in [-0.1, -0.05) is 19.0 Å². The van der Waals surface area contributed by atoms with Crippen LogP contribution in [0.4, 0.5) is 0 Å². The van der Waals surface area contributed by atoms with Crippen molar-refractivity contribution in [1.82, 2.24) is 20.7 Å². The van der Waals surface area contributed by atoms with Gasteiger partial charge in [-0.15, -0.1) is 0 Å². The fourth-order valence-corrected chi connectivity index (χ4v) is 3.60. The largest absolute Gasteiger partial charge is 0.359 e. The van der Waals surface area contributed by atoms with Crippen LogP contribution in [0.5, 0.6) is 0 Å². The number of likely N-dealkylation sites (tertiary alicyclic amines) is 1. The first-order chi connectivity index (χ1) is 13.1. The van der Waals surface area contributed by atoms with E-state index in [9.17, 15) is 4.79 Å². The van der Waals surface area contributed by atoms with Gasteiger partial charge in [0.05, 0.1) is 12.2 Å². The second-order valence-electron chi connectivity index (χ2n) is 7.27. The lowest BCUT2D eigenvalue weighted by Crippen LogP contribution is -2.44. The van der Waals surface area contributed by atoms with Crippen molar-refractivity contribution in [2.24, 2.45) is 4.99 Å². The molecule has 27 heavy (non-hydrogen) atoms. The number of aromatic nitrogens is 1. The summed E-state index contributed by atoms with van der Waals surface area (Å²) in [5, 5.41) is 10.6. The van der Waals surface area contributed by atoms with Gasteiger partial charge in [0.2, 0.25) is 5.91 Å². The molecule has 0 aliphatic carbocycles. The Kier molecular flexibility index (Phi) is 8.61. The van der Waals surface area contributed by atoms with Crippen LogP contribution >= 0.6 is 0 Å². The van der Waals surface area contributed by atoms with Crippen molar-refractivity contribution in [2.45, 2.75) is 77.8 Å². The second-order valence-corrected chi connectivity index (χ2v) is 7.27. The topological polar surface area (TPSA) is 82.8 Å². The van der Waals surface area contributed by atoms with E-state index in [2.05, 4.69) is 41.6 Å². The molecule has 1 aromatic heterocycles. The summed E-state index contributed by atoms with van der Waals surface area (Å²) in [5.74, 6) is 2.12. The fourth-order valence-electron chi connectivity index (χ4n) is 3.60. The molecule has 1 amide bonds. The van der Waals surface area contributed by atoms with E-state index in [-0.39, 0.29) is 5.91 Å². The molecule has 0 radical (unpaired) electrons. The number of hydrogen-bond donors (Lipinski definition) is 2. The highest BCUT2D eigenvalue weighted by atomic mass is 16.5. The summed E-state index contributed by atoms with van der Waals surface area (Å²) < 4.78 is 5.42. The molecule has 0 spiro atoms. The summed E-state index contributed by atoms with van der Waals surface area (Å²) >= 11 is 0. The first kappa shape index (κ1) is 21.3. The van der Waals surface area contributed by atoms with Crippen LogP contribution in [-0.2, 0) is 11.3 Å². The van der Waals surface area contributed by atoms with Gasteiger partial charge in [0.15, 0.2) is 11.7 Å². The fraction of sp³-hybridized carbons (Fsp3) is 0.750. The van der Waals surface area contributed by atoms with Gasteiger partial charge in [-0.2, -0.15) is 0 Å². The van der Waals surface area contributed by atoms with Gasteiger partial charge < -0.3 is 20.1 Å². The molecule has 2 rings (SSSR count). The molecular formula is C20H35N5O2. The monoisotopic (exact) mass is 377 g/mol. The molecule has 1 atom stereocenters. The smallest absolute Gasteiger partial charge is 0.224 e. The number of guanidine groups is 1. The number of amides is 1. The van der Waals surface area contributed by atoms with Crippen molar-refractivity contribution in [3.63, 3.8) is 0 Å². The van der Waals surface area contributed by atoms with Gasteiger partial charge in [0.25, 0.3) is 0 Å². The number of piperidine rings is 1. The second kappa shape index (κ2) is 10.9. The Labute approximate surface area is 163 Å². The minimum atomic E-state index is 0.218. The first-order valence-corrected chi connectivity index (χ1v) is 10.3. The van der Waals surface area contributed by atoms with Crippen LogP contribution in [0.15, 0.2) is 15.6 Å². The maximum absolute atomic E-state index is 12.4. The third-order valence-electron chi connectivity index (χ3n) is 5.39. The van der Waals surface area contributed by atoms with Crippen LogP contribution in [0.1, 0.15) is 76.7 Å². The summed E-state index contributed by atoms with van der Waals surface area (Å²) in [7, 11) is 1.72. The van der Waals surface area contributed by atoms with Crippen molar-refractivity contribution in [1.29, 1.82) is 0 Å². The summed E-state index contributed by atoms with van der Waals surface area (Å²) in [4.78, 5) is 18.6. The molecule has 0 aromatic carbocycles. The number of hydrogen-bond acceptors (Lipinski definition) is 4. The van der Waals surface area contributed by atoms with Crippen molar-refractivity contribution < 1.29 is 9.32 Å². The Morgan fingerprint density at radius 2 is 2.15 bits per heavy atom. The number of carbonyl (C=O) groups is 1. The number of nitrogens with zero attached hydrogens (tertiary/aromatic N) is 3. The zero-order valence-electron chi connectivity index (χ0n) is 17.3. The first-order valence-electron chi connectivity index (χ1n) is 10.3. The highest BCUT2D eigenvalue weighted by Crippen LogP contribution is 2.22. The minimum Gasteiger partial charge on any atom is -0.359 e. The molecule has 1 saturated heterocycles. The Bertz CT molecular complexity index is 609. The van der Waals surface area contributed by atoms with Gasteiger partial charge in [-0.3, -0.25) is 9.79 Å². The van der Waals surface area contributed by atoms with E-state index in [1.807, 2.05) is 11.0 Å². The lowest BCUT2D eigenvalue weighted by molar-refractivity contribution is -0.134. The number of nitrogens with one attached hydrogen (secondary N) is 2. The Morgan fingerprint density at radius 1 is 1.37 bits per heavy atom. The van der Waals surface area contributed by atoms with Crippen LogP contribution in [-0.4, -0.2) is 48.1 Å². The Hall–Kier alpha value is -2.05. The zero-order valence-corrected chi connectivity index (χ0v) is 17.3. The molecule has 1 fully saturated rings. The normalized spacial score (nSPS) is 18.0. The number of carbonyl (C=O) groups excluding carboxylic acids is 1. The third-order valence-corrected chi connectivity index (χ3v) is 5.39. The molecule has 1 aliphatic rings. The molecular weight excluding hydrogens is 342 g/mol. The summed E-state index contributed by atoms with van der Waals surface area (Å²) in [6, 6.07) is 2.37. The molecule has 0 saturated carbocycles. The minimum absolute atomic E-state index is 0.218. The maximum atomic E-state index is 12.4. The molecule has 2 N–H and O–H groups in total. The molecule has 0 bridgehead atoms. The van der Waals surface area contributed by atoms with Crippen LogP contribution in [0.2, 0.25) is 0 Å². The van der Waals surface area contributed by atoms with Crippen molar-refractivity contribution in [3.8, 4) is 0 Å². The van der Waals surface area contributed by atoms with Crippen LogP contribution in [0.25, 0.3) is 0 Å². The van der Waals surface area contributed by atoms with Crippen molar-refractivity contribution in [3.05, 3.63) is 17.5 Å². The van der Waals surface area contributed by atoms with Gasteiger partial charge >= 0.3 is 0 Å². The van der Waals surface area contributed by atoms with E-state index in [4.69, 9.17) is 4.52 Å². The molecule has 1 unspecified atom stereocenters. The number of rotatable bonds is 8. The van der Waals surface area contributed by atoms with E-state index < -0.39 is 0 Å². The molecule has 7 nitrogen and oxygen atoms in total. The predicted molar refractivity (Wildman–Crippen MR) is 108 cm³/mol. The van der Waals surface area contributed by atoms with E-state index in [1.165, 1.54) is 6.42 Å². The van der Waals surface area contributed by atoms with Gasteiger partial charge in [0.1, 0.15) is 0 Å². The average molecular weight is 378 g/mol. The van der Waals surface area contributed by atoms with E-state index >= 15 is 0 Å². The summed E-state index contributed by atoms with van der Waals surface area (Å²) in [5.41, 5.74) is 1.01. The standard InChI is InChI=1S/C20H35N5O2/c1-5-16(6-2)18-13-17(27-24-18)14-23-20(21-4)22-11-10-19(26)25-12-8-7-9-15(25)3/h13,15-16H,5-12,14H2,1-4H3,(H2,21,22,23). The predicted octanol–water partition coefficient (Wildman–Crippen LogP) is 3.03. The average Bonchev–Trinajstić information content (AvgIpc) is 3.14.